The lowest BCUT2D eigenvalue weighted by atomic mass is 9.89. The summed E-state index contributed by atoms with van der Waals surface area (Å²) >= 11 is 0. The Morgan fingerprint density at radius 3 is 2.45 bits per heavy atom. The quantitative estimate of drug-likeness (QED) is 0.909. The fourth-order valence-electron chi connectivity index (χ4n) is 2.88. The molecule has 3 rings (SSSR count). The molecule has 1 N–H and O–H groups in total. The van der Waals surface area contributed by atoms with E-state index in [1.807, 2.05) is 36.4 Å². The summed E-state index contributed by atoms with van der Waals surface area (Å²) < 4.78 is 0. The lowest BCUT2D eigenvalue weighted by Gasteiger charge is -2.15. The van der Waals surface area contributed by atoms with Gasteiger partial charge < -0.3 is 5.11 Å². The van der Waals surface area contributed by atoms with Gasteiger partial charge in [-0.1, -0.05) is 66.2 Å². The summed E-state index contributed by atoms with van der Waals surface area (Å²) in [4.78, 5) is 11.1. The van der Waals surface area contributed by atoms with Crippen LogP contribution in [0.4, 0.5) is 0 Å². The molecule has 1 aliphatic rings. The number of carbonyl (C=O) groups is 1. The zero-order valence-electron chi connectivity index (χ0n) is 11.1. The minimum Gasteiger partial charge on any atom is -0.481 e. The Balaban J connectivity index is 1.91. The van der Waals surface area contributed by atoms with Crippen molar-refractivity contribution in [3.05, 3.63) is 76.9 Å². The van der Waals surface area contributed by atoms with Crippen LogP contribution in [0.1, 0.15) is 29.0 Å². The molecule has 0 aliphatic heterocycles. The van der Waals surface area contributed by atoms with Gasteiger partial charge in [-0.15, -0.1) is 0 Å². The Morgan fingerprint density at radius 2 is 1.70 bits per heavy atom. The maximum Gasteiger partial charge on any atom is 0.304 e. The van der Waals surface area contributed by atoms with Gasteiger partial charge in [-0.25, -0.2) is 0 Å². The highest BCUT2D eigenvalue weighted by atomic mass is 16.4. The van der Waals surface area contributed by atoms with Crippen molar-refractivity contribution < 1.29 is 9.90 Å². The summed E-state index contributed by atoms with van der Waals surface area (Å²) in [6.07, 6.45) is 3.12. The summed E-state index contributed by atoms with van der Waals surface area (Å²) in [5.74, 6) is -0.741. The molecule has 0 saturated heterocycles. The number of benzene rings is 2. The van der Waals surface area contributed by atoms with Crippen molar-refractivity contribution in [2.75, 3.05) is 0 Å². The molecule has 0 amide bonds. The lowest BCUT2D eigenvalue weighted by molar-refractivity contribution is -0.137. The Kier molecular flexibility index (Phi) is 3.38. The predicted molar refractivity (Wildman–Crippen MR) is 79.6 cm³/mol. The van der Waals surface area contributed by atoms with Crippen molar-refractivity contribution in [2.45, 2.75) is 18.8 Å². The SMILES string of the molecule is O=C(O)CC1C(Cc2ccccc2)=Cc2ccccc21. The summed E-state index contributed by atoms with van der Waals surface area (Å²) in [7, 11) is 0. The highest BCUT2D eigenvalue weighted by Crippen LogP contribution is 2.39. The smallest absolute Gasteiger partial charge is 0.304 e. The van der Waals surface area contributed by atoms with E-state index in [4.69, 9.17) is 5.11 Å². The molecule has 1 unspecified atom stereocenters. The first-order valence-corrected chi connectivity index (χ1v) is 6.79. The van der Waals surface area contributed by atoms with E-state index in [-0.39, 0.29) is 12.3 Å². The van der Waals surface area contributed by atoms with Crippen molar-refractivity contribution >= 4 is 12.0 Å². The number of hydrogen-bond donors (Lipinski definition) is 1. The van der Waals surface area contributed by atoms with Crippen molar-refractivity contribution in [1.82, 2.24) is 0 Å². The molecular formula is C18H16O2. The normalized spacial score (nSPS) is 16.6. The van der Waals surface area contributed by atoms with Crippen LogP contribution in [-0.4, -0.2) is 11.1 Å². The van der Waals surface area contributed by atoms with Crippen molar-refractivity contribution in [2.24, 2.45) is 0 Å². The molecule has 1 aliphatic carbocycles. The minimum atomic E-state index is -0.745. The van der Waals surface area contributed by atoms with Gasteiger partial charge in [-0.2, -0.15) is 0 Å². The summed E-state index contributed by atoms with van der Waals surface area (Å²) in [6.45, 7) is 0. The number of aliphatic carboxylic acids is 1. The van der Waals surface area contributed by atoms with E-state index in [1.54, 1.807) is 0 Å². The van der Waals surface area contributed by atoms with E-state index in [0.29, 0.717) is 0 Å². The molecule has 0 fully saturated rings. The molecule has 2 aromatic rings. The molecular weight excluding hydrogens is 248 g/mol. The van der Waals surface area contributed by atoms with Gasteiger partial charge in [-0.05, 0) is 23.1 Å². The third kappa shape index (κ3) is 2.50. The van der Waals surface area contributed by atoms with E-state index in [0.717, 1.165) is 17.5 Å². The molecule has 0 saturated carbocycles. The number of carboxylic acid groups (broad SMARTS) is 1. The summed E-state index contributed by atoms with van der Waals surface area (Å²) in [5.41, 5.74) is 4.72. The van der Waals surface area contributed by atoms with Crippen LogP contribution in [0, 0.1) is 0 Å². The van der Waals surface area contributed by atoms with Gasteiger partial charge in [0.2, 0.25) is 0 Å². The van der Waals surface area contributed by atoms with E-state index < -0.39 is 5.97 Å². The standard InChI is InChI=1S/C18H16O2/c19-18(20)12-17-15(10-13-6-2-1-3-7-13)11-14-8-4-5-9-16(14)17/h1-9,11,17H,10,12H2,(H,19,20). The van der Waals surface area contributed by atoms with Crippen molar-refractivity contribution in [3.63, 3.8) is 0 Å². The number of rotatable bonds is 4. The highest BCUT2D eigenvalue weighted by Gasteiger charge is 2.26. The van der Waals surface area contributed by atoms with Crippen LogP contribution < -0.4 is 0 Å². The largest absolute Gasteiger partial charge is 0.481 e. The Labute approximate surface area is 118 Å². The number of fused-ring (bicyclic) bond motifs is 1. The second kappa shape index (κ2) is 5.33. The molecule has 20 heavy (non-hydrogen) atoms. The van der Waals surface area contributed by atoms with Crippen LogP contribution in [-0.2, 0) is 11.2 Å². The molecule has 2 heteroatoms. The Morgan fingerprint density at radius 1 is 1.00 bits per heavy atom. The van der Waals surface area contributed by atoms with Crippen LogP contribution in [0.3, 0.4) is 0 Å². The van der Waals surface area contributed by atoms with Crippen LogP contribution in [0.25, 0.3) is 6.08 Å². The zero-order valence-corrected chi connectivity index (χ0v) is 11.1. The van der Waals surface area contributed by atoms with E-state index in [2.05, 4.69) is 24.3 Å². The monoisotopic (exact) mass is 264 g/mol. The third-order valence-corrected chi connectivity index (χ3v) is 3.79. The second-order valence-electron chi connectivity index (χ2n) is 5.16. The first-order valence-electron chi connectivity index (χ1n) is 6.79. The van der Waals surface area contributed by atoms with E-state index in [1.165, 1.54) is 11.1 Å². The molecule has 100 valence electrons. The zero-order chi connectivity index (χ0) is 13.9. The van der Waals surface area contributed by atoms with Gasteiger partial charge in [0.05, 0.1) is 6.42 Å². The highest BCUT2D eigenvalue weighted by molar-refractivity contribution is 5.74. The maximum absolute atomic E-state index is 11.1. The number of carboxylic acids is 1. The van der Waals surface area contributed by atoms with Gasteiger partial charge in [0.1, 0.15) is 0 Å². The maximum atomic E-state index is 11.1. The topological polar surface area (TPSA) is 37.3 Å². The third-order valence-electron chi connectivity index (χ3n) is 3.79. The van der Waals surface area contributed by atoms with Gasteiger partial charge in [-0.3, -0.25) is 4.79 Å². The minimum absolute atomic E-state index is 0.00362. The molecule has 0 spiro atoms. The molecule has 0 aromatic heterocycles. The molecule has 2 nitrogen and oxygen atoms in total. The fourth-order valence-corrected chi connectivity index (χ4v) is 2.88. The molecule has 2 aromatic carbocycles. The second-order valence-corrected chi connectivity index (χ2v) is 5.16. The van der Waals surface area contributed by atoms with Gasteiger partial charge in [0.15, 0.2) is 0 Å². The van der Waals surface area contributed by atoms with Gasteiger partial charge >= 0.3 is 5.97 Å². The van der Waals surface area contributed by atoms with Crippen LogP contribution >= 0.6 is 0 Å². The number of hydrogen-bond acceptors (Lipinski definition) is 1. The number of allylic oxidation sites excluding steroid dienone is 1. The van der Waals surface area contributed by atoms with Crippen LogP contribution in [0.15, 0.2) is 60.2 Å². The van der Waals surface area contributed by atoms with Crippen molar-refractivity contribution in [3.8, 4) is 0 Å². The molecule has 0 heterocycles. The summed E-state index contributed by atoms with van der Waals surface area (Å²) in [5, 5.41) is 9.16. The first kappa shape index (κ1) is 12.7. The Hall–Kier alpha value is -2.35. The van der Waals surface area contributed by atoms with E-state index in [9.17, 15) is 4.79 Å². The lowest BCUT2D eigenvalue weighted by Crippen LogP contribution is -2.08. The van der Waals surface area contributed by atoms with Crippen molar-refractivity contribution in [1.29, 1.82) is 0 Å². The molecule has 1 atom stereocenters. The average Bonchev–Trinajstić information content (AvgIpc) is 2.78. The fraction of sp³-hybridized carbons (Fsp3) is 0.167. The first-order chi connectivity index (χ1) is 9.74. The predicted octanol–water partition coefficient (Wildman–Crippen LogP) is 3.88. The van der Waals surface area contributed by atoms with Crippen LogP contribution in [0.2, 0.25) is 0 Å². The van der Waals surface area contributed by atoms with Gasteiger partial charge in [0.25, 0.3) is 0 Å². The Bertz CT molecular complexity index is 656. The average molecular weight is 264 g/mol. The van der Waals surface area contributed by atoms with Gasteiger partial charge in [0, 0.05) is 5.92 Å². The molecule has 0 bridgehead atoms. The van der Waals surface area contributed by atoms with E-state index >= 15 is 0 Å². The summed E-state index contributed by atoms with van der Waals surface area (Å²) in [6, 6.07) is 18.3. The molecule has 0 radical (unpaired) electrons. The van der Waals surface area contributed by atoms with Crippen LogP contribution in [0.5, 0.6) is 0 Å².